The molecule has 0 saturated heterocycles. The van der Waals surface area contributed by atoms with Gasteiger partial charge in [-0.1, -0.05) is 6.07 Å². The molecule has 4 rings (SSSR count). The van der Waals surface area contributed by atoms with Crippen LogP contribution >= 0.6 is 0 Å². The van der Waals surface area contributed by atoms with Gasteiger partial charge in [0.25, 0.3) is 10.0 Å². The summed E-state index contributed by atoms with van der Waals surface area (Å²) in [7, 11) is -3.97. The Kier molecular flexibility index (Phi) is 3.11. The maximum atomic E-state index is 13.0. The molecule has 6 nitrogen and oxygen atoms in total. The van der Waals surface area contributed by atoms with Crippen molar-refractivity contribution in [2.45, 2.75) is 31.1 Å². The second-order valence-electron chi connectivity index (χ2n) is 6.21. The minimum absolute atomic E-state index is 0.139. The van der Waals surface area contributed by atoms with Gasteiger partial charge >= 0.3 is 5.69 Å². The smallest absolute Gasteiger partial charge is 0.340 e. The number of aryl methyl sites for hydroxylation is 3. The highest BCUT2D eigenvalue weighted by Crippen LogP contribution is 2.27. The van der Waals surface area contributed by atoms with Crippen LogP contribution in [0.5, 0.6) is 0 Å². The van der Waals surface area contributed by atoms with E-state index in [9.17, 15) is 13.2 Å². The van der Waals surface area contributed by atoms with Crippen molar-refractivity contribution in [3.8, 4) is 0 Å². The van der Waals surface area contributed by atoms with Crippen LogP contribution in [0.4, 0.5) is 5.69 Å². The van der Waals surface area contributed by atoms with E-state index in [1.807, 2.05) is 6.07 Å². The third kappa shape index (κ3) is 2.08. The van der Waals surface area contributed by atoms with Crippen LogP contribution in [0.3, 0.4) is 0 Å². The summed E-state index contributed by atoms with van der Waals surface area (Å²) in [4.78, 5) is 15.0. The summed E-state index contributed by atoms with van der Waals surface area (Å²) in [5, 5.41) is 0. The number of fused-ring (bicyclic) bond motifs is 2. The fourth-order valence-corrected chi connectivity index (χ4v) is 4.72. The SMILES string of the molecule is Cc1cc2c(cc1N)[nH]c(=O)n2S(=O)(=O)c1ccc2c(c1)CCC2. The highest BCUT2D eigenvalue weighted by Gasteiger charge is 2.24. The van der Waals surface area contributed by atoms with Gasteiger partial charge in [0, 0.05) is 5.69 Å². The molecule has 3 N–H and O–H groups in total. The van der Waals surface area contributed by atoms with Crippen molar-refractivity contribution in [2.24, 2.45) is 0 Å². The Balaban J connectivity index is 1.98. The van der Waals surface area contributed by atoms with Crippen LogP contribution in [-0.2, 0) is 22.9 Å². The van der Waals surface area contributed by atoms with Gasteiger partial charge in [-0.25, -0.2) is 13.2 Å². The largest absolute Gasteiger partial charge is 0.398 e. The molecule has 2 aromatic carbocycles. The molecular formula is C17H17N3O3S. The van der Waals surface area contributed by atoms with Crippen molar-refractivity contribution < 1.29 is 8.42 Å². The first-order chi connectivity index (χ1) is 11.4. The molecule has 1 heterocycles. The number of imidazole rings is 1. The highest BCUT2D eigenvalue weighted by atomic mass is 32.2. The zero-order valence-corrected chi connectivity index (χ0v) is 14.0. The molecule has 0 radical (unpaired) electrons. The predicted octanol–water partition coefficient (Wildman–Crippen LogP) is 1.95. The first-order valence-electron chi connectivity index (χ1n) is 7.76. The van der Waals surface area contributed by atoms with Crippen LogP contribution in [0, 0.1) is 6.92 Å². The molecule has 1 aliphatic rings. The maximum Gasteiger partial charge on any atom is 0.340 e. The number of nitrogens with zero attached hydrogens (tertiary/aromatic N) is 1. The molecule has 0 amide bonds. The number of H-pyrrole nitrogens is 1. The normalized spacial score (nSPS) is 14.2. The van der Waals surface area contributed by atoms with Crippen LogP contribution in [0.15, 0.2) is 40.0 Å². The molecule has 0 atom stereocenters. The van der Waals surface area contributed by atoms with Gasteiger partial charge in [-0.05, 0) is 67.1 Å². The fourth-order valence-electron chi connectivity index (χ4n) is 3.31. The Labute approximate surface area is 139 Å². The lowest BCUT2D eigenvalue weighted by Crippen LogP contribution is -2.25. The third-order valence-corrected chi connectivity index (χ3v) is 6.33. The third-order valence-electron chi connectivity index (χ3n) is 4.64. The van der Waals surface area contributed by atoms with Crippen LogP contribution in [0.25, 0.3) is 11.0 Å². The zero-order chi connectivity index (χ0) is 17.1. The van der Waals surface area contributed by atoms with Gasteiger partial charge in [0.1, 0.15) is 0 Å². The monoisotopic (exact) mass is 343 g/mol. The van der Waals surface area contributed by atoms with Gasteiger partial charge in [-0.3, -0.25) is 0 Å². The number of anilines is 1. The number of nitrogen functional groups attached to an aromatic ring is 1. The van der Waals surface area contributed by atoms with Gasteiger partial charge in [-0.15, -0.1) is 0 Å². The van der Waals surface area contributed by atoms with E-state index in [0.29, 0.717) is 16.7 Å². The quantitative estimate of drug-likeness (QED) is 0.695. The molecule has 0 saturated carbocycles. The molecule has 24 heavy (non-hydrogen) atoms. The first kappa shape index (κ1) is 15.0. The topological polar surface area (TPSA) is 97.9 Å². The van der Waals surface area contributed by atoms with Crippen LogP contribution < -0.4 is 11.4 Å². The molecule has 0 spiro atoms. The Hall–Kier alpha value is -2.54. The number of rotatable bonds is 2. The summed E-state index contributed by atoms with van der Waals surface area (Å²) in [6, 6.07) is 8.31. The molecule has 7 heteroatoms. The molecule has 3 aromatic rings. The summed E-state index contributed by atoms with van der Waals surface area (Å²) in [5.41, 5.74) is 9.34. The number of benzene rings is 2. The maximum absolute atomic E-state index is 13.0. The number of nitrogens with two attached hydrogens (primary N) is 1. The first-order valence-corrected chi connectivity index (χ1v) is 9.20. The van der Waals surface area contributed by atoms with Gasteiger partial charge in [0.2, 0.25) is 0 Å². The van der Waals surface area contributed by atoms with E-state index in [-0.39, 0.29) is 4.90 Å². The van der Waals surface area contributed by atoms with Crippen molar-refractivity contribution in [3.63, 3.8) is 0 Å². The van der Waals surface area contributed by atoms with E-state index < -0.39 is 15.7 Å². The number of aromatic nitrogens is 2. The highest BCUT2D eigenvalue weighted by molar-refractivity contribution is 7.90. The van der Waals surface area contributed by atoms with Crippen molar-refractivity contribution >= 4 is 26.7 Å². The Morgan fingerprint density at radius 2 is 1.88 bits per heavy atom. The Bertz CT molecular complexity index is 1140. The average Bonchev–Trinajstić information content (AvgIpc) is 3.10. The molecule has 1 aromatic heterocycles. The second-order valence-corrected chi connectivity index (χ2v) is 8.00. The summed E-state index contributed by atoms with van der Waals surface area (Å²) < 4.78 is 26.9. The Morgan fingerprint density at radius 3 is 2.67 bits per heavy atom. The van der Waals surface area contributed by atoms with Crippen molar-refractivity contribution in [1.29, 1.82) is 0 Å². The van der Waals surface area contributed by atoms with Crippen LogP contribution in [0.1, 0.15) is 23.1 Å². The minimum atomic E-state index is -3.97. The van der Waals surface area contributed by atoms with Crippen molar-refractivity contribution in [1.82, 2.24) is 8.96 Å². The number of hydrogen-bond acceptors (Lipinski definition) is 4. The fraction of sp³-hybridized carbons (Fsp3) is 0.235. The van der Waals surface area contributed by atoms with Gasteiger partial charge < -0.3 is 10.7 Å². The van der Waals surface area contributed by atoms with Crippen molar-refractivity contribution in [2.75, 3.05) is 5.73 Å². The summed E-state index contributed by atoms with van der Waals surface area (Å²) in [5.74, 6) is 0. The molecule has 0 fully saturated rings. The van der Waals surface area contributed by atoms with E-state index in [1.165, 1.54) is 5.56 Å². The lowest BCUT2D eigenvalue weighted by atomic mass is 10.1. The summed E-state index contributed by atoms with van der Waals surface area (Å²) >= 11 is 0. The lowest BCUT2D eigenvalue weighted by Gasteiger charge is -2.09. The molecular weight excluding hydrogens is 326 g/mol. The lowest BCUT2D eigenvalue weighted by molar-refractivity contribution is 0.587. The van der Waals surface area contributed by atoms with Crippen molar-refractivity contribution in [3.05, 3.63) is 57.5 Å². The zero-order valence-electron chi connectivity index (χ0n) is 13.2. The molecule has 124 valence electrons. The second kappa shape index (κ2) is 4.98. The van der Waals surface area contributed by atoms with Crippen LogP contribution in [-0.4, -0.2) is 17.4 Å². The van der Waals surface area contributed by atoms with Gasteiger partial charge in [0.05, 0.1) is 15.9 Å². The number of aromatic amines is 1. The number of hydrogen-bond donors (Lipinski definition) is 2. The van der Waals surface area contributed by atoms with E-state index in [2.05, 4.69) is 4.98 Å². The van der Waals surface area contributed by atoms with E-state index in [1.54, 1.807) is 31.2 Å². The Morgan fingerprint density at radius 1 is 1.12 bits per heavy atom. The van der Waals surface area contributed by atoms with Crippen LogP contribution in [0.2, 0.25) is 0 Å². The predicted molar refractivity (Wildman–Crippen MR) is 92.8 cm³/mol. The molecule has 0 bridgehead atoms. The number of nitrogens with one attached hydrogen (secondary N) is 1. The van der Waals surface area contributed by atoms with E-state index in [4.69, 9.17) is 5.73 Å². The standard InChI is InChI=1S/C17H17N3O3S/c1-10-7-16-15(9-14(10)18)19-17(21)20(16)24(22,23)13-6-5-11-3-2-4-12(11)8-13/h5-9H,2-4,18H2,1H3,(H,19,21). The molecule has 1 aliphatic carbocycles. The summed E-state index contributed by atoms with van der Waals surface area (Å²) in [6.07, 6.45) is 2.88. The molecule has 0 unspecified atom stereocenters. The van der Waals surface area contributed by atoms with E-state index in [0.717, 1.165) is 34.4 Å². The van der Waals surface area contributed by atoms with Gasteiger partial charge in [-0.2, -0.15) is 3.97 Å². The van der Waals surface area contributed by atoms with Gasteiger partial charge in [0.15, 0.2) is 0 Å². The minimum Gasteiger partial charge on any atom is -0.398 e. The average molecular weight is 343 g/mol. The van der Waals surface area contributed by atoms with E-state index >= 15 is 0 Å². The molecule has 0 aliphatic heterocycles. The summed E-state index contributed by atoms with van der Waals surface area (Å²) in [6.45, 7) is 1.78.